The van der Waals surface area contributed by atoms with E-state index < -0.39 is 36.1 Å². The van der Waals surface area contributed by atoms with Gasteiger partial charge in [0.25, 0.3) is 0 Å². The van der Waals surface area contributed by atoms with Crippen molar-refractivity contribution < 1.29 is 36.2 Å². The zero-order valence-corrected chi connectivity index (χ0v) is 19.8. The van der Waals surface area contributed by atoms with E-state index in [0.29, 0.717) is 35.5 Å². The maximum Gasteiger partial charge on any atom is 0.387 e. The molecule has 3 nitrogen and oxygen atoms in total. The number of rotatable bonds is 9. The lowest BCUT2D eigenvalue weighted by atomic mass is 9.98. The number of fused-ring (bicyclic) bond motifs is 1. The zero-order valence-electron chi connectivity index (χ0n) is 19.8. The van der Waals surface area contributed by atoms with Crippen molar-refractivity contribution in [2.75, 3.05) is 13.2 Å². The molecule has 0 aromatic heterocycles. The minimum Gasteiger partial charge on any atom is -0.429 e. The molecule has 1 heterocycles. The minimum atomic E-state index is -3.34. The van der Waals surface area contributed by atoms with Crippen LogP contribution in [0.15, 0.2) is 54.6 Å². The van der Waals surface area contributed by atoms with Gasteiger partial charge in [0.1, 0.15) is 5.82 Å². The summed E-state index contributed by atoms with van der Waals surface area (Å²) in [6.45, 7) is -0.144. The van der Waals surface area contributed by atoms with Gasteiger partial charge in [-0.3, -0.25) is 0 Å². The molecule has 0 saturated carbocycles. The molecule has 192 valence electrons. The van der Waals surface area contributed by atoms with Crippen molar-refractivity contribution in [3.63, 3.8) is 0 Å². The molecular formula is C28H27F5O3. The summed E-state index contributed by atoms with van der Waals surface area (Å²) in [4.78, 5) is 0. The quantitative estimate of drug-likeness (QED) is 0.220. The van der Waals surface area contributed by atoms with E-state index in [1.165, 1.54) is 0 Å². The van der Waals surface area contributed by atoms with E-state index in [-0.39, 0.29) is 18.4 Å². The van der Waals surface area contributed by atoms with Gasteiger partial charge in [-0.05, 0) is 67.3 Å². The van der Waals surface area contributed by atoms with Crippen LogP contribution in [0.2, 0.25) is 0 Å². The summed E-state index contributed by atoms with van der Waals surface area (Å²) in [6.07, 6.45) is 5.91. The standard InChI is InChI=1S/C28H27F5O3/c1-2-3-4-5-18-15-34-27(35-16-18)21-10-11-22-20(14-21)9-8-19(25(22)31)7-6-17-12-23(29)26(24(30)13-17)36-28(32)33/h2-3,8-14,18,27-28H,4-7,15-16H2,1H3/b3-2+. The van der Waals surface area contributed by atoms with Gasteiger partial charge in [0.2, 0.25) is 0 Å². The molecule has 0 bridgehead atoms. The van der Waals surface area contributed by atoms with Gasteiger partial charge in [0.05, 0.1) is 13.2 Å². The van der Waals surface area contributed by atoms with E-state index in [0.717, 1.165) is 30.5 Å². The van der Waals surface area contributed by atoms with Gasteiger partial charge in [-0.15, -0.1) is 0 Å². The molecule has 4 rings (SSSR count). The van der Waals surface area contributed by atoms with Gasteiger partial charge in [-0.2, -0.15) is 8.78 Å². The van der Waals surface area contributed by atoms with E-state index in [9.17, 15) is 17.6 Å². The molecule has 0 spiro atoms. The summed E-state index contributed by atoms with van der Waals surface area (Å²) in [5.74, 6) is -3.67. The van der Waals surface area contributed by atoms with Crippen LogP contribution in [0, 0.1) is 23.4 Å². The maximum absolute atomic E-state index is 15.2. The first kappa shape index (κ1) is 26.1. The number of aryl methyl sites for hydroxylation is 2. The molecular weight excluding hydrogens is 479 g/mol. The first-order chi connectivity index (χ1) is 17.4. The van der Waals surface area contributed by atoms with E-state index in [1.807, 2.05) is 19.1 Å². The van der Waals surface area contributed by atoms with Gasteiger partial charge in [-0.25, -0.2) is 13.2 Å². The Morgan fingerprint density at radius 1 is 0.972 bits per heavy atom. The van der Waals surface area contributed by atoms with Gasteiger partial charge in [0.15, 0.2) is 23.7 Å². The van der Waals surface area contributed by atoms with Gasteiger partial charge in [-0.1, -0.05) is 36.4 Å². The lowest BCUT2D eigenvalue weighted by Crippen LogP contribution is -2.27. The second-order valence-corrected chi connectivity index (χ2v) is 8.80. The van der Waals surface area contributed by atoms with Crippen LogP contribution < -0.4 is 4.74 Å². The summed E-state index contributed by atoms with van der Waals surface area (Å²) >= 11 is 0. The molecule has 0 aliphatic carbocycles. The highest BCUT2D eigenvalue weighted by Crippen LogP contribution is 2.31. The Kier molecular flexibility index (Phi) is 8.59. The second kappa shape index (κ2) is 11.8. The van der Waals surface area contributed by atoms with E-state index in [1.54, 1.807) is 24.3 Å². The first-order valence-electron chi connectivity index (χ1n) is 11.8. The fraction of sp³-hybridized carbons (Fsp3) is 0.357. The molecule has 1 saturated heterocycles. The highest BCUT2D eigenvalue weighted by molar-refractivity contribution is 5.84. The third-order valence-electron chi connectivity index (χ3n) is 6.22. The number of benzene rings is 3. The summed E-state index contributed by atoms with van der Waals surface area (Å²) in [7, 11) is 0. The molecule has 0 amide bonds. The predicted octanol–water partition coefficient (Wildman–Crippen LogP) is 7.66. The SMILES string of the molecule is C/C=C/CCC1COC(c2ccc3c(F)c(CCc4cc(F)c(OC(F)F)c(F)c4)ccc3c2)OC1. The molecule has 8 heteroatoms. The Morgan fingerprint density at radius 3 is 2.36 bits per heavy atom. The molecule has 0 N–H and O–H groups in total. The Labute approximate surface area is 206 Å². The third kappa shape index (κ3) is 6.23. The molecule has 0 atom stereocenters. The summed E-state index contributed by atoms with van der Waals surface area (Å²) in [6, 6.07) is 10.5. The molecule has 0 unspecified atom stereocenters. The lowest BCUT2D eigenvalue weighted by molar-refractivity contribution is -0.205. The average Bonchev–Trinajstić information content (AvgIpc) is 2.86. The van der Waals surface area contributed by atoms with Crippen LogP contribution in [-0.2, 0) is 22.3 Å². The first-order valence-corrected chi connectivity index (χ1v) is 11.8. The predicted molar refractivity (Wildman–Crippen MR) is 126 cm³/mol. The highest BCUT2D eigenvalue weighted by Gasteiger charge is 2.24. The zero-order chi connectivity index (χ0) is 25.7. The van der Waals surface area contributed by atoms with Crippen LogP contribution in [0.5, 0.6) is 5.75 Å². The van der Waals surface area contributed by atoms with Crippen molar-refractivity contribution in [1.82, 2.24) is 0 Å². The van der Waals surface area contributed by atoms with Crippen molar-refractivity contribution >= 4 is 10.8 Å². The van der Waals surface area contributed by atoms with Gasteiger partial charge in [0, 0.05) is 16.9 Å². The molecule has 3 aromatic carbocycles. The molecule has 1 fully saturated rings. The van der Waals surface area contributed by atoms with E-state index in [2.05, 4.69) is 10.8 Å². The second-order valence-electron chi connectivity index (χ2n) is 8.80. The van der Waals surface area contributed by atoms with Crippen molar-refractivity contribution in [2.45, 2.75) is 45.5 Å². The van der Waals surface area contributed by atoms with Gasteiger partial charge >= 0.3 is 6.61 Å². The summed E-state index contributed by atoms with van der Waals surface area (Å²) < 4.78 is 83.4. The molecule has 3 aromatic rings. The van der Waals surface area contributed by atoms with Crippen LogP contribution in [0.3, 0.4) is 0 Å². The summed E-state index contributed by atoms with van der Waals surface area (Å²) in [5, 5.41) is 1.09. The molecule has 1 aliphatic rings. The number of hydrogen-bond donors (Lipinski definition) is 0. The Morgan fingerprint density at radius 2 is 1.69 bits per heavy atom. The van der Waals surface area contributed by atoms with Crippen molar-refractivity contribution in [1.29, 1.82) is 0 Å². The molecule has 36 heavy (non-hydrogen) atoms. The lowest BCUT2D eigenvalue weighted by Gasteiger charge is -2.29. The van der Waals surface area contributed by atoms with Gasteiger partial charge < -0.3 is 14.2 Å². The minimum absolute atomic E-state index is 0.113. The van der Waals surface area contributed by atoms with Crippen molar-refractivity contribution in [2.24, 2.45) is 5.92 Å². The van der Waals surface area contributed by atoms with Crippen LogP contribution in [0.25, 0.3) is 10.8 Å². The van der Waals surface area contributed by atoms with Crippen LogP contribution >= 0.6 is 0 Å². The summed E-state index contributed by atoms with van der Waals surface area (Å²) in [5.41, 5.74) is 1.38. The number of ether oxygens (including phenoxy) is 3. The number of alkyl halides is 2. The monoisotopic (exact) mass is 506 g/mol. The largest absolute Gasteiger partial charge is 0.429 e. The number of allylic oxidation sites excluding steroid dienone is 2. The average molecular weight is 507 g/mol. The normalized spacial score (nSPS) is 18.4. The smallest absolute Gasteiger partial charge is 0.387 e. The Balaban J connectivity index is 1.42. The number of hydrogen-bond acceptors (Lipinski definition) is 3. The number of halogens is 5. The highest BCUT2D eigenvalue weighted by atomic mass is 19.3. The van der Waals surface area contributed by atoms with Crippen molar-refractivity contribution in [3.8, 4) is 5.75 Å². The van der Waals surface area contributed by atoms with Crippen LogP contribution in [0.4, 0.5) is 22.0 Å². The fourth-order valence-electron chi connectivity index (χ4n) is 4.33. The van der Waals surface area contributed by atoms with Crippen molar-refractivity contribution in [3.05, 3.63) is 88.8 Å². The topological polar surface area (TPSA) is 27.7 Å². The molecule has 0 radical (unpaired) electrons. The van der Waals surface area contributed by atoms with E-state index >= 15 is 4.39 Å². The maximum atomic E-state index is 15.2. The Hall–Kier alpha value is -2.97. The molecule has 1 aliphatic heterocycles. The fourth-order valence-corrected chi connectivity index (χ4v) is 4.33. The van der Waals surface area contributed by atoms with Crippen LogP contribution in [0.1, 0.15) is 42.7 Å². The third-order valence-corrected chi connectivity index (χ3v) is 6.22. The van der Waals surface area contributed by atoms with Crippen LogP contribution in [-0.4, -0.2) is 19.8 Å². The Bertz CT molecular complexity index is 1200. The van der Waals surface area contributed by atoms with E-state index in [4.69, 9.17) is 9.47 Å².